The van der Waals surface area contributed by atoms with Gasteiger partial charge in [0.15, 0.2) is 0 Å². The second kappa shape index (κ2) is 6.55. The molecule has 0 bridgehead atoms. The quantitative estimate of drug-likeness (QED) is 0.557. The summed E-state index contributed by atoms with van der Waals surface area (Å²) in [4.78, 5) is 0. The van der Waals surface area contributed by atoms with Gasteiger partial charge in [-0.1, -0.05) is 0 Å². The molecule has 0 aromatic rings. The summed E-state index contributed by atoms with van der Waals surface area (Å²) in [6.07, 6.45) is -1.23. The molecule has 0 rings (SSSR count). The van der Waals surface area contributed by atoms with Crippen molar-refractivity contribution in [3.05, 3.63) is 0 Å². The van der Waals surface area contributed by atoms with Crippen LogP contribution in [0.5, 0.6) is 0 Å². The van der Waals surface area contributed by atoms with Gasteiger partial charge in [-0.05, 0) is 20.8 Å². The number of rotatable bonds is 6. The molecule has 2 unspecified atom stereocenters. The summed E-state index contributed by atoms with van der Waals surface area (Å²) in [5.74, 6) is 0. The third-order valence-corrected chi connectivity index (χ3v) is 1.46. The van der Waals surface area contributed by atoms with Crippen LogP contribution in [0.15, 0.2) is 0 Å². The molecule has 0 N–H and O–H groups in total. The first-order chi connectivity index (χ1) is 5.18. The van der Waals surface area contributed by atoms with Crippen molar-refractivity contribution in [2.24, 2.45) is 0 Å². The van der Waals surface area contributed by atoms with Crippen molar-refractivity contribution in [1.82, 2.24) is 0 Å². The molecule has 3 heteroatoms. The third-order valence-electron chi connectivity index (χ3n) is 1.46. The second-order valence-electron chi connectivity index (χ2n) is 2.45. The molecule has 0 aromatic carbocycles. The predicted octanol–water partition coefficient (Wildman–Crippen LogP) is 1.79. The largest absolute Gasteiger partial charge is 0.379 e. The Balaban J connectivity index is 3.10. The minimum Gasteiger partial charge on any atom is -0.379 e. The van der Waals surface area contributed by atoms with Crippen molar-refractivity contribution in [3.8, 4) is 0 Å². The monoisotopic (exact) mass is 164 g/mol. The van der Waals surface area contributed by atoms with Crippen LogP contribution in [-0.2, 0) is 9.47 Å². The van der Waals surface area contributed by atoms with Crippen molar-refractivity contribution >= 4 is 0 Å². The third kappa shape index (κ3) is 6.26. The summed E-state index contributed by atoms with van der Waals surface area (Å²) in [5, 5.41) is 0. The highest BCUT2D eigenvalue weighted by Crippen LogP contribution is 2.01. The zero-order valence-electron chi connectivity index (χ0n) is 7.47. The molecule has 0 saturated carbocycles. The van der Waals surface area contributed by atoms with E-state index in [4.69, 9.17) is 9.47 Å². The topological polar surface area (TPSA) is 18.5 Å². The maximum atomic E-state index is 12.4. The molecule has 2 atom stereocenters. The lowest BCUT2D eigenvalue weighted by Crippen LogP contribution is -2.21. The molecular formula is C8H17FO2. The first kappa shape index (κ1) is 10.8. The minimum atomic E-state index is -0.906. The van der Waals surface area contributed by atoms with Gasteiger partial charge in [-0.2, -0.15) is 0 Å². The Bertz CT molecular complexity index is 86.2. The Kier molecular flexibility index (Phi) is 6.46. The van der Waals surface area contributed by atoms with Gasteiger partial charge >= 0.3 is 0 Å². The van der Waals surface area contributed by atoms with Gasteiger partial charge in [-0.15, -0.1) is 0 Å². The van der Waals surface area contributed by atoms with Crippen molar-refractivity contribution in [2.75, 3.05) is 19.8 Å². The van der Waals surface area contributed by atoms with Crippen molar-refractivity contribution in [3.63, 3.8) is 0 Å². The SMILES string of the molecule is CCOCCOC(C)C(C)F. The summed E-state index contributed by atoms with van der Waals surface area (Å²) in [5.41, 5.74) is 0. The number of ether oxygens (including phenoxy) is 2. The van der Waals surface area contributed by atoms with Crippen LogP contribution in [0.1, 0.15) is 20.8 Å². The second-order valence-corrected chi connectivity index (χ2v) is 2.45. The maximum absolute atomic E-state index is 12.4. The molecule has 0 heterocycles. The molecule has 0 radical (unpaired) electrons. The van der Waals surface area contributed by atoms with Crippen LogP contribution in [0, 0.1) is 0 Å². The molecule has 0 aromatic heterocycles. The van der Waals surface area contributed by atoms with Crippen LogP contribution >= 0.6 is 0 Å². The Morgan fingerprint density at radius 3 is 2.36 bits per heavy atom. The van der Waals surface area contributed by atoms with Crippen LogP contribution in [0.3, 0.4) is 0 Å². The molecule has 0 spiro atoms. The van der Waals surface area contributed by atoms with Crippen molar-refractivity contribution < 1.29 is 13.9 Å². The van der Waals surface area contributed by atoms with E-state index in [-0.39, 0.29) is 6.10 Å². The molecule has 68 valence electrons. The fourth-order valence-corrected chi connectivity index (χ4v) is 0.570. The lowest BCUT2D eigenvalue weighted by Gasteiger charge is -2.13. The first-order valence-electron chi connectivity index (χ1n) is 4.02. The fourth-order valence-electron chi connectivity index (χ4n) is 0.570. The van der Waals surface area contributed by atoms with Crippen LogP contribution in [0.2, 0.25) is 0 Å². The zero-order valence-corrected chi connectivity index (χ0v) is 7.47. The molecule has 0 aliphatic heterocycles. The maximum Gasteiger partial charge on any atom is 0.123 e. The molecule has 11 heavy (non-hydrogen) atoms. The zero-order chi connectivity index (χ0) is 8.69. The normalized spacial score (nSPS) is 16.4. The Hall–Kier alpha value is -0.150. The van der Waals surface area contributed by atoms with Gasteiger partial charge in [0.1, 0.15) is 6.17 Å². The van der Waals surface area contributed by atoms with Crippen LogP contribution in [-0.4, -0.2) is 32.1 Å². The van der Waals surface area contributed by atoms with E-state index in [1.807, 2.05) is 6.92 Å². The average molecular weight is 164 g/mol. The fraction of sp³-hybridized carbons (Fsp3) is 1.00. The molecule has 0 saturated heterocycles. The van der Waals surface area contributed by atoms with Gasteiger partial charge in [0, 0.05) is 6.61 Å². The average Bonchev–Trinajstić information content (AvgIpc) is 1.97. The van der Waals surface area contributed by atoms with E-state index in [0.29, 0.717) is 19.8 Å². The van der Waals surface area contributed by atoms with E-state index in [0.717, 1.165) is 0 Å². The lowest BCUT2D eigenvalue weighted by molar-refractivity contribution is -0.0152. The van der Waals surface area contributed by atoms with Gasteiger partial charge in [0.2, 0.25) is 0 Å². The van der Waals surface area contributed by atoms with Gasteiger partial charge in [0.25, 0.3) is 0 Å². The smallest absolute Gasteiger partial charge is 0.123 e. The van der Waals surface area contributed by atoms with Crippen LogP contribution in [0.25, 0.3) is 0 Å². The van der Waals surface area contributed by atoms with Gasteiger partial charge < -0.3 is 9.47 Å². The standard InChI is InChI=1S/C8H17FO2/c1-4-10-5-6-11-8(3)7(2)9/h7-8H,4-6H2,1-3H3. The summed E-state index contributed by atoms with van der Waals surface area (Å²) in [7, 11) is 0. The molecule has 0 amide bonds. The Morgan fingerprint density at radius 2 is 1.91 bits per heavy atom. The predicted molar refractivity (Wildman–Crippen MR) is 42.5 cm³/mol. The molecule has 0 aliphatic rings. The van der Waals surface area contributed by atoms with Gasteiger partial charge in [0.05, 0.1) is 19.3 Å². The summed E-state index contributed by atoms with van der Waals surface area (Å²) in [6, 6.07) is 0. The number of alkyl halides is 1. The van der Waals surface area contributed by atoms with E-state index in [1.54, 1.807) is 6.92 Å². The number of hydrogen-bond donors (Lipinski definition) is 0. The van der Waals surface area contributed by atoms with Crippen LogP contribution < -0.4 is 0 Å². The van der Waals surface area contributed by atoms with E-state index in [2.05, 4.69) is 0 Å². The molecular weight excluding hydrogens is 147 g/mol. The highest BCUT2D eigenvalue weighted by molar-refractivity contribution is 4.56. The lowest BCUT2D eigenvalue weighted by atomic mass is 10.3. The van der Waals surface area contributed by atoms with E-state index in [1.165, 1.54) is 6.92 Å². The Morgan fingerprint density at radius 1 is 1.27 bits per heavy atom. The number of halogens is 1. The minimum absolute atomic E-state index is 0.324. The highest BCUT2D eigenvalue weighted by Gasteiger charge is 2.09. The molecule has 0 fully saturated rings. The van der Waals surface area contributed by atoms with E-state index in [9.17, 15) is 4.39 Å². The Labute approximate surface area is 67.7 Å². The van der Waals surface area contributed by atoms with Crippen LogP contribution in [0.4, 0.5) is 4.39 Å². The summed E-state index contributed by atoms with van der Waals surface area (Å²) < 4.78 is 22.6. The first-order valence-corrected chi connectivity index (χ1v) is 4.02. The van der Waals surface area contributed by atoms with E-state index < -0.39 is 6.17 Å². The van der Waals surface area contributed by atoms with Gasteiger partial charge in [-0.25, -0.2) is 4.39 Å². The van der Waals surface area contributed by atoms with E-state index >= 15 is 0 Å². The van der Waals surface area contributed by atoms with Crippen molar-refractivity contribution in [1.29, 1.82) is 0 Å². The van der Waals surface area contributed by atoms with Gasteiger partial charge in [-0.3, -0.25) is 0 Å². The summed E-state index contributed by atoms with van der Waals surface area (Å²) >= 11 is 0. The number of hydrogen-bond acceptors (Lipinski definition) is 2. The van der Waals surface area contributed by atoms with Crippen molar-refractivity contribution in [2.45, 2.75) is 33.0 Å². The molecule has 0 aliphatic carbocycles. The highest BCUT2D eigenvalue weighted by atomic mass is 19.1. The summed E-state index contributed by atoms with van der Waals surface area (Å²) in [6.45, 7) is 6.84. The molecule has 2 nitrogen and oxygen atoms in total.